The molecule has 72 valence electrons. The van der Waals surface area contributed by atoms with Gasteiger partial charge in [0, 0.05) is 18.8 Å². The minimum absolute atomic E-state index is 0.538. The van der Waals surface area contributed by atoms with E-state index in [1.165, 1.54) is 12.1 Å². The van der Waals surface area contributed by atoms with Gasteiger partial charge in [0.05, 0.1) is 12.0 Å². The van der Waals surface area contributed by atoms with Gasteiger partial charge in [-0.1, -0.05) is 13.8 Å². The first-order valence-electron chi connectivity index (χ1n) is 5.01. The summed E-state index contributed by atoms with van der Waals surface area (Å²) in [5.41, 5.74) is 1.20. The summed E-state index contributed by atoms with van der Waals surface area (Å²) in [6.45, 7) is 6.59. The first-order valence-corrected chi connectivity index (χ1v) is 5.01. The van der Waals surface area contributed by atoms with Gasteiger partial charge in [0.15, 0.2) is 0 Å². The van der Waals surface area contributed by atoms with Gasteiger partial charge in [-0.3, -0.25) is 0 Å². The van der Waals surface area contributed by atoms with Crippen LogP contribution in [0.5, 0.6) is 0 Å². The van der Waals surface area contributed by atoms with E-state index < -0.39 is 0 Å². The number of rotatable bonds is 2. The van der Waals surface area contributed by atoms with Crippen LogP contribution in [0.4, 0.5) is 0 Å². The maximum Gasteiger partial charge on any atom is 0.0952 e. The largest absolute Gasteiger partial charge is 0.333 e. The van der Waals surface area contributed by atoms with Crippen molar-refractivity contribution in [3.05, 3.63) is 18.2 Å². The van der Waals surface area contributed by atoms with Gasteiger partial charge in [0.1, 0.15) is 0 Å². The minimum atomic E-state index is 0.538. The van der Waals surface area contributed by atoms with Crippen LogP contribution in [-0.4, -0.2) is 22.6 Å². The third-order valence-corrected chi connectivity index (χ3v) is 2.67. The first-order chi connectivity index (χ1) is 6.27. The lowest BCUT2D eigenvalue weighted by Crippen LogP contribution is -2.11. The molecule has 1 aromatic rings. The Labute approximate surface area is 79.2 Å². The van der Waals surface area contributed by atoms with E-state index in [4.69, 9.17) is 0 Å². The summed E-state index contributed by atoms with van der Waals surface area (Å²) in [6.07, 6.45) is 5.38. The summed E-state index contributed by atoms with van der Waals surface area (Å²) in [5, 5.41) is 3.36. The van der Waals surface area contributed by atoms with Crippen LogP contribution in [0.15, 0.2) is 12.5 Å². The summed E-state index contributed by atoms with van der Waals surface area (Å²) in [6, 6.07) is 0.625. The average molecular weight is 179 g/mol. The number of hydrogen-bond donors (Lipinski definition) is 1. The second-order valence-corrected chi connectivity index (χ2v) is 4.05. The molecule has 0 amide bonds. The van der Waals surface area contributed by atoms with Gasteiger partial charge in [-0.05, 0) is 18.9 Å². The molecular formula is C10H17N3. The fraction of sp³-hybridized carbons (Fsp3) is 0.700. The van der Waals surface area contributed by atoms with E-state index in [2.05, 4.69) is 34.9 Å². The van der Waals surface area contributed by atoms with E-state index in [-0.39, 0.29) is 0 Å². The number of nitrogens with zero attached hydrogens (tertiary/aromatic N) is 2. The fourth-order valence-electron chi connectivity index (χ4n) is 1.74. The Kier molecular flexibility index (Phi) is 2.36. The lowest BCUT2D eigenvalue weighted by molar-refractivity contribution is 0.545. The Morgan fingerprint density at radius 1 is 1.62 bits per heavy atom. The topological polar surface area (TPSA) is 29.9 Å². The summed E-state index contributed by atoms with van der Waals surface area (Å²) in [4.78, 5) is 4.40. The van der Waals surface area contributed by atoms with Crippen molar-refractivity contribution in [2.75, 3.05) is 13.1 Å². The quantitative estimate of drug-likeness (QED) is 0.746. The summed E-state index contributed by atoms with van der Waals surface area (Å²) < 4.78 is 2.25. The SMILES string of the molecule is CC(C)c1cn([C@H]2CCNC2)cn1. The zero-order chi connectivity index (χ0) is 9.26. The van der Waals surface area contributed by atoms with Crippen molar-refractivity contribution in [3.63, 3.8) is 0 Å². The van der Waals surface area contributed by atoms with E-state index in [1.54, 1.807) is 0 Å². The molecule has 1 N–H and O–H groups in total. The van der Waals surface area contributed by atoms with E-state index in [0.29, 0.717) is 12.0 Å². The molecule has 1 atom stereocenters. The molecular weight excluding hydrogens is 162 g/mol. The smallest absolute Gasteiger partial charge is 0.0952 e. The van der Waals surface area contributed by atoms with Crippen molar-refractivity contribution in [2.45, 2.75) is 32.2 Å². The molecule has 0 aliphatic carbocycles. The molecule has 0 spiro atoms. The predicted molar refractivity (Wildman–Crippen MR) is 52.8 cm³/mol. The van der Waals surface area contributed by atoms with Crippen molar-refractivity contribution in [1.82, 2.24) is 14.9 Å². The maximum atomic E-state index is 4.40. The minimum Gasteiger partial charge on any atom is -0.333 e. The lowest BCUT2D eigenvalue weighted by atomic mass is 10.1. The van der Waals surface area contributed by atoms with Crippen molar-refractivity contribution >= 4 is 0 Å². The van der Waals surface area contributed by atoms with Gasteiger partial charge in [-0.25, -0.2) is 4.98 Å². The molecule has 2 heterocycles. The Balaban J connectivity index is 2.12. The van der Waals surface area contributed by atoms with Gasteiger partial charge in [-0.2, -0.15) is 0 Å². The molecule has 13 heavy (non-hydrogen) atoms. The molecule has 2 rings (SSSR count). The zero-order valence-electron chi connectivity index (χ0n) is 8.33. The Bertz CT molecular complexity index is 271. The Morgan fingerprint density at radius 3 is 3.00 bits per heavy atom. The molecule has 0 unspecified atom stereocenters. The highest BCUT2D eigenvalue weighted by molar-refractivity contribution is 5.03. The van der Waals surface area contributed by atoms with E-state index in [1.807, 2.05) is 6.33 Å². The van der Waals surface area contributed by atoms with Crippen molar-refractivity contribution in [2.24, 2.45) is 0 Å². The van der Waals surface area contributed by atoms with Crippen LogP contribution in [0.3, 0.4) is 0 Å². The molecule has 0 radical (unpaired) electrons. The predicted octanol–water partition coefficient (Wildman–Crippen LogP) is 1.54. The summed E-state index contributed by atoms with van der Waals surface area (Å²) >= 11 is 0. The molecule has 0 aromatic carbocycles. The molecule has 0 bridgehead atoms. The zero-order valence-corrected chi connectivity index (χ0v) is 8.33. The van der Waals surface area contributed by atoms with Crippen molar-refractivity contribution in [1.29, 1.82) is 0 Å². The van der Waals surface area contributed by atoms with Gasteiger partial charge in [-0.15, -0.1) is 0 Å². The number of nitrogens with one attached hydrogen (secondary N) is 1. The van der Waals surface area contributed by atoms with Crippen molar-refractivity contribution in [3.8, 4) is 0 Å². The van der Waals surface area contributed by atoms with Crippen LogP contribution in [0, 0.1) is 0 Å². The third-order valence-electron chi connectivity index (χ3n) is 2.67. The Hall–Kier alpha value is -0.830. The van der Waals surface area contributed by atoms with Gasteiger partial charge >= 0.3 is 0 Å². The fourth-order valence-corrected chi connectivity index (χ4v) is 1.74. The van der Waals surface area contributed by atoms with Crippen LogP contribution in [-0.2, 0) is 0 Å². The van der Waals surface area contributed by atoms with Crippen LogP contribution in [0.2, 0.25) is 0 Å². The number of imidazole rings is 1. The molecule has 3 heteroatoms. The number of aromatic nitrogens is 2. The molecule has 3 nitrogen and oxygen atoms in total. The summed E-state index contributed by atoms with van der Waals surface area (Å²) in [5.74, 6) is 0.538. The summed E-state index contributed by atoms with van der Waals surface area (Å²) in [7, 11) is 0. The van der Waals surface area contributed by atoms with Gasteiger partial charge < -0.3 is 9.88 Å². The van der Waals surface area contributed by atoms with E-state index in [0.717, 1.165) is 13.1 Å². The van der Waals surface area contributed by atoms with Crippen molar-refractivity contribution < 1.29 is 0 Å². The average Bonchev–Trinajstić information content (AvgIpc) is 2.75. The molecule has 1 aliphatic heterocycles. The highest BCUT2D eigenvalue weighted by Gasteiger charge is 2.16. The second-order valence-electron chi connectivity index (χ2n) is 4.05. The molecule has 0 saturated carbocycles. The normalized spacial score (nSPS) is 22.8. The molecule has 1 saturated heterocycles. The maximum absolute atomic E-state index is 4.40. The first kappa shape index (κ1) is 8.75. The third kappa shape index (κ3) is 1.75. The monoisotopic (exact) mass is 179 g/mol. The van der Waals surface area contributed by atoms with E-state index in [9.17, 15) is 0 Å². The second kappa shape index (κ2) is 3.50. The van der Waals surface area contributed by atoms with Crippen LogP contribution >= 0.6 is 0 Å². The standard InChI is InChI=1S/C10H17N3/c1-8(2)10-6-13(7-12-10)9-3-4-11-5-9/h6-9,11H,3-5H2,1-2H3/t9-/m0/s1. The number of hydrogen-bond acceptors (Lipinski definition) is 2. The Morgan fingerprint density at radius 2 is 2.46 bits per heavy atom. The van der Waals surface area contributed by atoms with Gasteiger partial charge in [0.2, 0.25) is 0 Å². The molecule has 1 aromatic heterocycles. The highest BCUT2D eigenvalue weighted by atomic mass is 15.1. The molecule has 1 aliphatic rings. The van der Waals surface area contributed by atoms with E-state index >= 15 is 0 Å². The lowest BCUT2D eigenvalue weighted by Gasteiger charge is -2.08. The van der Waals surface area contributed by atoms with Crippen LogP contribution in [0.1, 0.15) is 37.9 Å². The van der Waals surface area contributed by atoms with Gasteiger partial charge in [0.25, 0.3) is 0 Å². The van der Waals surface area contributed by atoms with Crippen LogP contribution < -0.4 is 5.32 Å². The van der Waals surface area contributed by atoms with Crippen LogP contribution in [0.25, 0.3) is 0 Å². The molecule has 1 fully saturated rings. The highest BCUT2D eigenvalue weighted by Crippen LogP contribution is 2.18.